The first-order valence-electron chi connectivity index (χ1n) is 6.88. The van der Waals surface area contributed by atoms with Gasteiger partial charge in [-0.1, -0.05) is 18.2 Å². The highest BCUT2D eigenvalue weighted by atomic mass is 16.5. The monoisotopic (exact) mass is 264 g/mol. The summed E-state index contributed by atoms with van der Waals surface area (Å²) in [5, 5.41) is 12.9. The fourth-order valence-corrected chi connectivity index (χ4v) is 2.46. The smallest absolute Gasteiger partial charge is 0.119 e. The third kappa shape index (κ3) is 4.20. The lowest BCUT2D eigenvalue weighted by Gasteiger charge is -2.43. The zero-order chi connectivity index (χ0) is 13.7. The van der Waals surface area contributed by atoms with Crippen LogP contribution in [-0.2, 0) is 0 Å². The van der Waals surface area contributed by atoms with Crippen LogP contribution < -0.4 is 10.1 Å². The normalized spacial score (nSPS) is 23.2. The van der Waals surface area contributed by atoms with Crippen molar-refractivity contribution in [2.75, 3.05) is 32.8 Å². The molecule has 0 saturated carbocycles. The summed E-state index contributed by atoms with van der Waals surface area (Å²) in [6.07, 6.45) is 0. The number of aliphatic hydroxyl groups excluding tert-OH is 1. The summed E-state index contributed by atoms with van der Waals surface area (Å²) in [6, 6.07) is 10.0. The van der Waals surface area contributed by atoms with E-state index in [1.54, 1.807) is 0 Å². The minimum Gasteiger partial charge on any atom is -0.492 e. The molecule has 2 rings (SSSR count). The number of ether oxygens (including phenoxy) is 1. The molecule has 1 fully saturated rings. The molecule has 1 saturated heterocycles. The zero-order valence-electron chi connectivity index (χ0n) is 11.8. The van der Waals surface area contributed by atoms with E-state index in [-0.39, 0.29) is 18.2 Å². The summed E-state index contributed by atoms with van der Waals surface area (Å²) in [5.74, 6) is 0.900. The van der Waals surface area contributed by atoms with Crippen molar-refractivity contribution in [1.29, 1.82) is 0 Å². The van der Waals surface area contributed by atoms with Gasteiger partial charge in [-0.2, -0.15) is 0 Å². The van der Waals surface area contributed by atoms with Gasteiger partial charge in [0.05, 0.1) is 6.61 Å². The van der Waals surface area contributed by atoms with Crippen LogP contribution in [0.4, 0.5) is 0 Å². The van der Waals surface area contributed by atoms with Crippen molar-refractivity contribution >= 4 is 0 Å². The maximum absolute atomic E-state index is 9.43. The van der Waals surface area contributed by atoms with Crippen LogP contribution in [0.5, 0.6) is 5.75 Å². The average molecular weight is 264 g/mol. The molecule has 0 aromatic heterocycles. The van der Waals surface area contributed by atoms with Gasteiger partial charge in [-0.05, 0) is 26.0 Å². The molecule has 0 aliphatic carbocycles. The number of nitrogens with one attached hydrogen (secondary N) is 1. The van der Waals surface area contributed by atoms with Gasteiger partial charge >= 0.3 is 0 Å². The number of nitrogens with zero attached hydrogens (tertiary/aromatic N) is 1. The van der Waals surface area contributed by atoms with E-state index < -0.39 is 0 Å². The zero-order valence-corrected chi connectivity index (χ0v) is 11.8. The van der Waals surface area contributed by atoms with Gasteiger partial charge in [0, 0.05) is 31.2 Å². The Kier molecular flexibility index (Phi) is 4.80. The van der Waals surface area contributed by atoms with E-state index in [1.165, 1.54) is 0 Å². The molecule has 106 valence electrons. The lowest BCUT2D eigenvalue weighted by molar-refractivity contribution is 0.0473. The predicted molar refractivity (Wildman–Crippen MR) is 76.5 cm³/mol. The summed E-state index contributed by atoms with van der Waals surface area (Å²) in [5.41, 5.74) is 0.0957. The van der Waals surface area contributed by atoms with Gasteiger partial charge in [0.1, 0.15) is 12.4 Å². The molecule has 2 N–H and O–H groups in total. The maximum Gasteiger partial charge on any atom is 0.119 e. The van der Waals surface area contributed by atoms with E-state index in [1.807, 2.05) is 30.3 Å². The molecule has 1 aromatic carbocycles. The molecular formula is C15H24N2O2. The molecule has 1 aliphatic rings. The van der Waals surface area contributed by atoms with Crippen LogP contribution in [0.15, 0.2) is 30.3 Å². The molecule has 19 heavy (non-hydrogen) atoms. The van der Waals surface area contributed by atoms with Gasteiger partial charge in [-0.25, -0.2) is 0 Å². The molecule has 1 unspecified atom stereocenters. The van der Waals surface area contributed by atoms with Crippen LogP contribution in [0, 0.1) is 0 Å². The first kappa shape index (κ1) is 14.3. The van der Waals surface area contributed by atoms with E-state index in [2.05, 4.69) is 24.1 Å². The Balaban J connectivity index is 1.82. The molecule has 1 heterocycles. The number of hydrogen-bond acceptors (Lipinski definition) is 4. The van der Waals surface area contributed by atoms with Crippen molar-refractivity contribution in [3.05, 3.63) is 30.3 Å². The summed E-state index contributed by atoms with van der Waals surface area (Å²) in [6.45, 7) is 7.80. The van der Waals surface area contributed by atoms with Gasteiger partial charge in [-0.3, -0.25) is 4.90 Å². The van der Waals surface area contributed by atoms with Crippen LogP contribution in [-0.4, -0.2) is 54.4 Å². The summed E-state index contributed by atoms with van der Waals surface area (Å²) in [4.78, 5) is 2.30. The Morgan fingerprint density at radius 1 is 1.37 bits per heavy atom. The van der Waals surface area contributed by atoms with Crippen molar-refractivity contribution in [2.24, 2.45) is 0 Å². The second-order valence-corrected chi connectivity index (χ2v) is 5.73. The van der Waals surface area contributed by atoms with Crippen LogP contribution in [0.1, 0.15) is 13.8 Å². The number of para-hydroxylation sites is 1. The number of hydrogen-bond donors (Lipinski definition) is 2. The highest BCUT2D eigenvalue weighted by Crippen LogP contribution is 2.15. The fraction of sp³-hybridized carbons (Fsp3) is 0.600. The molecule has 0 amide bonds. The number of benzene rings is 1. The molecular weight excluding hydrogens is 240 g/mol. The summed E-state index contributed by atoms with van der Waals surface area (Å²) < 4.78 is 5.73. The Hall–Kier alpha value is -1.10. The average Bonchev–Trinajstić information content (AvgIpc) is 2.39. The first-order valence-corrected chi connectivity index (χ1v) is 6.88. The minimum atomic E-state index is 0.0957. The van der Waals surface area contributed by atoms with Crippen molar-refractivity contribution < 1.29 is 9.84 Å². The van der Waals surface area contributed by atoms with Crippen LogP contribution in [0.2, 0.25) is 0 Å². The Bertz CT molecular complexity index is 381. The molecule has 0 bridgehead atoms. The maximum atomic E-state index is 9.43. The Morgan fingerprint density at radius 3 is 2.79 bits per heavy atom. The molecule has 4 nitrogen and oxygen atoms in total. The van der Waals surface area contributed by atoms with Gasteiger partial charge in [0.2, 0.25) is 0 Å². The SMILES string of the molecule is CC1(C)CN(CCOc2ccccc2)C(CO)CN1. The summed E-state index contributed by atoms with van der Waals surface area (Å²) >= 11 is 0. The van der Waals surface area contributed by atoms with Crippen LogP contribution >= 0.6 is 0 Å². The van der Waals surface area contributed by atoms with E-state index >= 15 is 0 Å². The number of piperazine rings is 1. The standard InChI is InChI=1S/C15H24N2O2/c1-15(2)12-17(13(11-18)10-16-15)8-9-19-14-6-4-3-5-7-14/h3-7,13,16,18H,8-12H2,1-2H3. The van der Waals surface area contributed by atoms with Crippen molar-refractivity contribution in [1.82, 2.24) is 10.2 Å². The fourth-order valence-electron chi connectivity index (χ4n) is 2.46. The molecule has 1 aliphatic heterocycles. The third-order valence-corrected chi connectivity index (χ3v) is 3.53. The van der Waals surface area contributed by atoms with E-state index in [0.717, 1.165) is 25.4 Å². The Labute approximate surface area is 115 Å². The topological polar surface area (TPSA) is 44.7 Å². The molecule has 0 radical (unpaired) electrons. The van der Waals surface area contributed by atoms with Crippen molar-refractivity contribution in [2.45, 2.75) is 25.4 Å². The number of rotatable bonds is 5. The van der Waals surface area contributed by atoms with Gasteiger partial charge in [0.25, 0.3) is 0 Å². The van der Waals surface area contributed by atoms with Crippen molar-refractivity contribution in [3.63, 3.8) is 0 Å². The van der Waals surface area contributed by atoms with Gasteiger partial charge in [-0.15, -0.1) is 0 Å². The first-order chi connectivity index (χ1) is 9.11. The molecule has 0 spiro atoms. The molecule has 1 atom stereocenters. The second kappa shape index (κ2) is 6.37. The largest absolute Gasteiger partial charge is 0.492 e. The molecule has 1 aromatic rings. The summed E-state index contributed by atoms with van der Waals surface area (Å²) in [7, 11) is 0. The molecule has 4 heteroatoms. The quantitative estimate of drug-likeness (QED) is 0.836. The lowest BCUT2D eigenvalue weighted by atomic mass is 9.99. The lowest BCUT2D eigenvalue weighted by Crippen LogP contribution is -2.63. The predicted octanol–water partition coefficient (Wildman–Crippen LogP) is 1.11. The highest BCUT2D eigenvalue weighted by molar-refractivity contribution is 5.20. The minimum absolute atomic E-state index is 0.0957. The third-order valence-electron chi connectivity index (χ3n) is 3.53. The van der Waals surface area contributed by atoms with E-state index in [4.69, 9.17) is 4.74 Å². The highest BCUT2D eigenvalue weighted by Gasteiger charge is 2.31. The van der Waals surface area contributed by atoms with Gasteiger partial charge < -0.3 is 15.2 Å². The Morgan fingerprint density at radius 2 is 2.11 bits per heavy atom. The van der Waals surface area contributed by atoms with E-state index in [9.17, 15) is 5.11 Å². The van der Waals surface area contributed by atoms with Crippen LogP contribution in [0.3, 0.4) is 0 Å². The van der Waals surface area contributed by atoms with Gasteiger partial charge in [0.15, 0.2) is 0 Å². The van der Waals surface area contributed by atoms with Crippen molar-refractivity contribution in [3.8, 4) is 5.75 Å². The number of aliphatic hydroxyl groups is 1. The van der Waals surface area contributed by atoms with Crippen LogP contribution in [0.25, 0.3) is 0 Å². The van der Waals surface area contributed by atoms with E-state index in [0.29, 0.717) is 6.61 Å². The second-order valence-electron chi connectivity index (χ2n) is 5.73.